The summed E-state index contributed by atoms with van der Waals surface area (Å²) in [4.78, 5) is 12.2. The van der Waals surface area contributed by atoms with Crippen molar-refractivity contribution in [3.63, 3.8) is 0 Å². The van der Waals surface area contributed by atoms with E-state index >= 15 is 0 Å². The molecule has 1 fully saturated rings. The fraction of sp³-hybridized carbons (Fsp3) is 0.400. The van der Waals surface area contributed by atoms with Gasteiger partial charge < -0.3 is 20.2 Å². The number of rotatable bonds is 3. The molecular formula is C15H18N2O3. The van der Waals surface area contributed by atoms with Gasteiger partial charge in [0.2, 0.25) is 5.91 Å². The standard InChI is InChI=1S/C15H18N2O3/c1-10(17-14(18)15(16)6-7-19-9-15)13-8-11-4-2-3-5-12(11)20-13/h2-5,8,10H,6-7,9,16H2,1H3,(H,17,18). The predicted octanol–water partition coefficient (Wildman–Crippen LogP) is 1.73. The van der Waals surface area contributed by atoms with E-state index in [2.05, 4.69) is 5.32 Å². The van der Waals surface area contributed by atoms with Gasteiger partial charge in [-0.05, 0) is 25.5 Å². The molecule has 5 heteroatoms. The van der Waals surface area contributed by atoms with Crippen LogP contribution in [0.4, 0.5) is 0 Å². The fourth-order valence-corrected chi connectivity index (χ4v) is 2.39. The Morgan fingerprint density at radius 2 is 2.25 bits per heavy atom. The molecule has 0 radical (unpaired) electrons. The topological polar surface area (TPSA) is 77.5 Å². The van der Waals surface area contributed by atoms with Crippen LogP contribution in [-0.4, -0.2) is 24.7 Å². The second-order valence-electron chi connectivity index (χ2n) is 5.34. The van der Waals surface area contributed by atoms with Gasteiger partial charge in [-0.2, -0.15) is 0 Å². The van der Waals surface area contributed by atoms with Crippen LogP contribution in [0.15, 0.2) is 34.7 Å². The Hall–Kier alpha value is -1.85. The lowest BCUT2D eigenvalue weighted by atomic mass is 9.99. The van der Waals surface area contributed by atoms with Crippen molar-refractivity contribution in [3.8, 4) is 0 Å². The third-order valence-electron chi connectivity index (χ3n) is 3.72. The number of ether oxygens (including phenoxy) is 1. The van der Waals surface area contributed by atoms with Gasteiger partial charge in [-0.1, -0.05) is 18.2 Å². The van der Waals surface area contributed by atoms with Crippen LogP contribution in [0.25, 0.3) is 11.0 Å². The molecule has 1 aliphatic heterocycles. The first kappa shape index (κ1) is 13.1. The molecule has 3 rings (SSSR count). The molecule has 2 aromatic rings. The van der Waals surface area contributed by atoms with Crippen molar-refractivity contribution in [1.82, 2.24) is 5.32 Å². The molecule has 2 heterocycles. The summed E-state index contributed by atoms with van der Waals surface area (Å²) in [5, 5.41) is 3.93. The molecule has 20 heavy (non-hydrogen) atoms. The first-order chi connectivity index (χ1) is 9.58. The molecule has 1 saturated heterocycles. The van der Waals surface area contributed by atoms with Gasteiger partial charge in [0.25, 0.3) is 0 Å². The van der Waals surface area contributed by atoms with Gasteiger partial charge >= 0.3 is 0 Å². The van der Waals surface area contributed by atoms with Crippen LogP contribution in [-0.2, 0) is 9.53 Å². The maximum atomic E-state index is 12.2. The molecule has 1 aliphatic rings. The van der Waals surface area contributed by atoms with E-state index in [-0.39, 0.29) is 18.6 Å². The van der Waals surface area contributed by atoms with Crippen LogP contribution in [0.5, 0.6) is 0 Å². The van der Waals surface area contributed by atoms with Crippen LogP contribution < -0.4 is 11.1 Å². The van der Waals surface area contributed by atoms with E-state index in [0.717, 1.165) is 16.7 Å². The highest BCUT2D eigenvalue weighted by molar-refractivity contribution is 5.87. The molecular weight excluding hydrogens is 256 g/mol. The minimum Gasteiger partial charge on any atom is -0.459 e. The van der Waals surface area contributed by atoms with Gasteiger partial charge in [-0.3, -0.25) is 4.79 Å². The molecule has 1 aromatic carbocycles. The van der Waals surface area contributed by atoms with Crippen LogP contribution >= 0.6 is 0 Å². The smallest absolute Gasteiger partial charge is 0.243 e. The summed E-state index contributed by atoms with van der Waals surface area (Å²) in [6.45, 7) is 2.68. The number of nitrogens with two attached hydrogens (primary N) is 1. The van der Waals surface area contributed by atoms with Gasteiger partial charge in [-0.25, -0.2) is 0 Å². The zero-order valence-electron chi connectivity index (χ0n) is 11.4. The van der Waals surface area contributed by atoms with E-state index in [9.17, 15) is 4.79 Å². The van der Waals surface area contributed by atoms with Gasteiger partial charge in [0.15, 0.2) is 0 Å². The van der Waals surface area contributed by atoms with Crippen molar-refractivity contribution in [2.75, 3.05) is 13.2 Å². The number of hydrogen-bond donors (Lipinski definition) is 2. The third kappa shape index (κ3) is 2.30. The summed E-state index contributed by atoms with van der Waals surface area (Å²) in [7, 11) is 0. The molecule has 0 spiro atoms. The summed E-state index contributed by atoms with van der Waals surface area (Å²) >= 11 is 0. The van der Waals surface area contributed by atoms with Crippen LogP contribution in [0.3, 0.4) is 0 Å². The minimum absolute atomic E-state index is 0.192. The first-order valence-corrected chi connectivity index (χ1v) is 6.74. The van der Waals surface area contributed by atoms with Crippen molar-refractivity contribution in [1.29, 1.82) is 0 Å². The zero-order valence-corrected chi connectivity index (χ0v) is 11.4. The summed E-state index contributed by atoms with van der Waals surface area (Å²) < 4.78 is 10.9. The monoisotopic (exact) mass is 274 g/mol. The Bertz CT molecular complexity index is 596. The van der Waals surface area contributed by atoms with Gasteiger partial charge in [-0.15, -0.1) is 0 Å². The number of nitrogens with one attached hydrogen (secondary N) is 1. The number of para-hydroxylation sites is 1. The maximum Gasteiger partial charge on any atom is 0.243 e. The maximum absolute atomic E-state index is 12.2. The van der Waals surface area contributed by atoms with E-state index in [0.29, 0.717) is 13.0 Å². The number of benzene rings is 1. The van der Waals surface area contributed by atoms with E-state index in [4.69, 9.17) is 14.9 Å². The third-order valence-corrected chi connectivity index (χ3v) is 3.72. The number of furan rings is 1. The van der Waals surface area contributed by atoms with E-state index < -0.39 is 5.54 Å². The largest absolute Gasteiger partial charge is 0.459 e. The summed E-state index contributed by atoms with van der Waals surface area (Å²) in [6.07, 6.45) is 0.547. The SMILES string of the molecule is CC(NC(=O)C1(N)CCOC1)c1cc2ccccc2o1. The molecule has 1 amide bonds. The van der Waals surface area contributed by atoms with Crippen LogP contribution in [0.1, 0.15) is 25.1 Å². The summed E-state index contributed by atoms with van der Waals surface area (Å²) in [6, 6.07) is 9.47. The van der Waals surface area contributed by atoms with Gasteiger partial charge in [0, 0.05) is 12.0 Å². The average molecular weight is 274 g/mol. The quantitative estimate of drug-likeness (QED) is 0.893. The van der Waals surface area contributed by atoms with E-state index in [1.54, 1.807) is 0 Å². The molecule has 0 aliphatic carbocycles. The fourth-order valence-electron chi connectivity index (χ4n) is 2.39. The van der Waals surface area contributed by atoms with Crippen molar-refractivity contribution < 1.29 is 13.9 Å². The Balaban J connectivity index is 1.75. The molecule has 0 bridgehead atoms. The van der Waals surface area contributed by atoms with Crippen LogP contribution in [0.2, 0.25) is 0 Å². The van der Waals surface area contributed by atoms with Crippen molar-refractivity contribution in [2.24, 2.45) is 5.73 Å². The minimum atomic E-state index is -0.916. The number of carbonyl (C=O) groups excluding carboxylic acids is 1. The Morgan fingerprint density at radius 1 is 1.45 bits per heavy atom. The van der Waals surface area contributed by atoms with Crippen LogP contribution in [0, 0.1) is 0 Å². The Morgan fingerprint density at radius 3 is 2.95 bits per heavy atom. The zero-order chi connectivity index (χ0) is 14.2. The number of hydrogen-bond acceptors (Lipinski definition) is 4. The van der Waals surface area contributed by atoms with Crippen molar-refractivity contribution in [2.45, 2.75) is 24.9 Å². The second kappa shape index (κ2) is 4.92. The molecule has 106 valence electrons. The normalized spacial score (nSPS) is 23.9. The Kier molecular flexibility index (Phi) is 3.23. The lowest BCUT2D eigenvalue weighted by molar-refractivity contribution is -0.127. The average Bonchev–Trinajstić information content (AvgIpc) is 3.05. The predicted molar refractivity (Wildman–Crippen MR) is 75.1 cm³/mol. The van der Waals surface area contributed by atoms with Crippen molar-refractivity contribution >= 4 is 16.9 Å². The van der Waals surface area contributed by atoms with Crippen molar-refractivity contribution in [3.05, 3.63) is 36.1 Å². The number of amides is 1. The summed E-state index contributed by atoms with van der Waals surface area (Å²) in [5.41, 5.74) is 5.94. The lowest BCUT2D eigenvalue weighted by Crippen LogP contribution is -2.54. The molecule has 5 nitrogen and oxygen atoms in total. The highest BCUT2D eigenvalue weighted by atomic mass is 16.5. The van der Waals surface area contributed by atoms with Gasteiger partial charge in [0.1, 0.15) is 16.9 Å². The molecule has 3 N–H and O–H groups in total. The highest BCUT2D eigenvalue weighted by Gasteiger charge is 2.39. The molecule has 2 unspecified atom stereocenters. The highest BCUT2D eigenvalue weighted by Crippen LogP contribution is 2.24. The number of fused-ring (bicyclic) bond motifs is 1. The van der Waals surface area contributed by atoms with Gasteiger partial charge in [0.05, 0.1) is 12.6 Å². The number of carbonyl (C=O) groups is 1. The Labute approximate surface area is 117 Å². The second-order valence-corrected chi connectivity index (χ2v) is 5.34. The van der Waals surface area contributed by atoms with E-state index in [1.807, 2.05) is 37.3 Å². The molecule has 1 aromatic heterocycles. The summed E-state index contributed by atoms with van der Waals surface area (Å²) in [5.74, 6) is 0.532. The lowest BCUT2D eigenvalue weighted by Gasteiger charge is -2.22. The molecule has 0 saturated carbocycles. The first-order valence-electron chi connectivity index (χ1n) is 6.74. The van der Waals surface area contributed by atoms with E-state index in [1.165, 1.54) is 0 Å². The molecule has 2 atom stereocenters.